The quantitative estimate of drug-likeness (QED) is 0.587. The lowest BCUT2D eigenvalue weighted by atomic mass is 10.0. The Kier molecular flexibility index (Phi) is 6.39. The summed E-state index contributed by atoms with van der Waals surface area (Å²) in [4.78, 5) is 21.9. The minimum absolute atomic E-state index is 0.0885. The fourth-order valence-electron chi connectivity index (χ4n) is 1.66. The second kappa shape index (κ2) is 7.89. The van der Waals surface area contributed by atoms with Crippen LogP contribution in [0.3, 0.4) is 0 Å². The summed E-state index contributed by atoms with van der Waals surface area (Å²) in [6.07, 6.45) is 2.01. The molecule has 6 nitrogen and oxygen atoms in total. The Hall–Kier alpha value is -1.30. The standard InChI is InChI=1S/C11H21N3O3/c1-9(15)12-4-5-13-11(16)14-8-10-2-6-17-7-3-10/h10H,2-8H2,1H3,(H,12,15)(H2,13,14,16). The molecule has 0 spiro atoms. The highest BCUT2D eigenvalue weighted by molar-refractivity contribution is 5.74. The number of amides is 3. The molecule has 1 aliphatic rings. The number of hydrogen-bond donors (Lipinski definition) is 3. The minimum atomic E-state index is -0.179. The predicted molar refractivity (Wildman–Crippen MR) is 63.6 cm³/mol. The van der Waals surface area contributed by atoms with E-state index in [1.165, 1.54) is 6.92 Å². The van der Waals surface area contributed by atoms with Crippen LogP contribution in [-0.2, 0) is 9.53 Å². The van der Waals surface area contributed by atoms with Gasteiger partial charge in [0.25, 0.3) is 0 Å². The van der Waals surface area contributed by atoms with Crippen LogP contribution in [0.2, 0.25) is 0 Å². The van der Waals surface area contributed by atoms with E-state index in [-0.39, 0.29) is 11.9 Å². The molecule has 0 radical (unpaired) electrons. The summed E-state index contributed by atoms with van der Waals surface area (Å²) in [6, 6.07) is -0.179. The fourth-order valence-corrected chi connectivity index (χ4v) is 1.66. The first-order chi connectivity index (χ1) is 8.18. The average molecular weight is 243 g/mol. The lowest BCUT2D eigenvalue weighted by molar-refractivity contribution is -0.118. The molecule has 6 heteroatoms. The minimum Gasteiger partial charge on any atom is -0.381 e. The lowest BCUT2D eigenvalue weighted by Gasteiger charge is -2.22. The largest absolute Gasteiger partial charge is 0.381 e. The maximum atomic E-state index is 11.4. The molecule has 0 aromatic carbocycles. The second-order valence-electron chi connectivity index (χ2n) is 4.18. The van der Waals surface area contributed by atoms with Crippen LogP contribution in [0.25, 0.3) is 0 Å². The van der Waals surface area contributed by atoms with E-state index in [0.29, 0.717) is 25.6 Å². The molecule has 1 aliphatic heterocycles. The molecule has 0 aromatic rings. The molecule has 17 heavy (non-hydrogen) atoms. The maximum Gasteiger partial charge on any atom is 0.314 e. The van der Waals surface area contributed by atoms with Gasteiger partial charge in [0.05, 0.1) is 0 Å². The van der Waals surface area contributed by atoms with Crippen molar-refractivity contribution in [2.75, 3.05) is 32.8 Å². The van der Waals surface area contributed by atoms with Crippen molar-refractivity contribution in [1.29, 1.82) is 0 Å². The molecule has 3 N–H and O–H groups in total. The Bertz CT molecular complexity index is 252. The lowest BCUT2D eigenvalue weighted by Crippen LogP contribution is -2.42. The molecule has 1 fully saturated rings. The monoisotopic (exact) mass is 243 g/mol. The molecule has 0 atom stereocenters. The number of carbonyl (C=O) groups excluding carboxylic acids is 2. The Morgan fingerprint density at radius 3 is 2.41 bits per heavy atom. The van der Waals surface area contributed by atoms with Gasteiger partial charge in [-0.3, -0.25) is 4.79 Å². The maximum absolute atomic E-state index is 11.4. The Labute approximate surface area is 101 Å². The van der Waals surface area contributed by atoms with E-state index in [1.807, 2.05) is 0 Å². The van der Waals surface area contributed by atoms with Crippen LogP contribution >= 0.6 is 0 Å². The fraction of sp³-hybridized carbons (Fsp3) is 0.818. The summed E-state index contributed by atoms with van der Waals surface area (Å²) in [5.74, 6) is 0.430. The predicted octanol–water partition coefficient (Wildman–Crippen LogP) is -0.152. The van der Waals surface area contributed by atoms with Crippen molar-refractivity contribution in [2.45, 2.75) is 19.8 Å². The van der Waals surface area contributed by atoms with Crippen LogP contribution in [0.1, 0.15) is 19.8 Å². The number of hydrogen-bond acceptors (Lipinski definition) is 3. The summed E-state index contributed by atoms with van der Waals surface area (Å²) in [7, 11) is 0. The molecule has 0 bridgehead atoms. The zero-order valence-electron chi connectivity index (χ0n) is 10.3. The van der Waals surface area contributed by atoms with Crippen molar-refractivity contribution in [2.24, 2.45) is 5.92 Å². The highest BCUT2D eigenvalue weighted by Gasteiger charge is 2.14. The molecular weight excluding hydrogens is 222 g/mol. The molecule has 1 saturated heterocycles. The Balaban J connectivity index is 1.98. The van der Waals surface area contributed by atoms with Gasteiger partial charge in [0, 0.05) is 39.8 Å². The van der Waals surface area contributed by atoms with Crippen LogP contribution in [0, 0.1) is 5.92 Å². The Morgan fingerprint density at radius 1 is 1.12 bits per heavy atom. The van der Waals surface area contributed by atoms with E-state index in [9.17, 15) is 9.59 Å². The van der Waals surface area contributed by atoms with Gasteiger partial charge in [-0.25, -0.2) is 4.79 Å². The second-order valence-corrected chi connectivity index (χ2v) is 4.18. The van der Waals surface area contributed by atoms with E-state index < -0.39 is 0 Å². The van der Waals surface area contributed by atoms with Crippen LogP contribution in [0.15, 0.2) is 0 Å². The normalized spacial score (nSPS) is 16.3. The topological polar surface area (TPSA) is 79.5 Å². The van der Waals surface area contributed by atoms with Crippen molar-refractivity contribution < 1.29 is 14.3 Å². The van der Waals surface area contributed by atoms with E-state index in [4.69, 9.17) is 4.74 Å². The molecule has 0 aromatic heterocycles. The summed E-state index contributed by atoms with van der Waals surface area (Å²) in [6.45, 7) is 4.62. The van der Waals surface area contributed by atoms with Gasteiger partial charge in [0.15, 0.2) is 0 Å². The smallest absolute Gasteiger partial charge is 0.314 e. The SMILES string of the molecule is CC(=O)NCCNC(=O)NCC1CCOCC1. The first-order valence-electron chi connectivity index (χ1n) is 6.02. The molecule has 0 aliphatic carbocycles. The van der Waals surface area contributed by atoms with Crippen molar-refractivity contribution in [3.63, 3.8) is 0 Å². The summed E-state index contributed by atoms with van der Waals surface area (Å²) in [5.41, 5.74) is 0. The van der Waals surface area contributed by atoms with Gasteiger partial charge in [-0.1, -0.05) is 0 Å². The van der Waals surface area contributed by atoms with Crippen LogP contribution < -0.4 is 16.0 Å². The van der Waals surface area contributed by atoms with E-state index in [2.05, 4.69) is 16.0 Å². The molecule has 0 unspecified atom stereocenters. The van der Waals surface area contributed by atoms with Gasteiger partial charge in [0.2, 0.25) is 5.91 Å². The molecular formula is C11H21N3O3. The zero-order valence-corrected chi connectivity index (χ0v) is 10.3. The Morgan fingerprint density at radius 2 is 1.76 bits per heavy atom. The third-order valence-electron chi connectivity index (χ3n) is 2.68. The first-order valence-corrected chi connectivity index (χ1v) is 6.02. The first kappa shape index (κ1) is 13.8. The van der Waals surface area contributed by atoms with Gasteiger partial charge in [-0.2, -0.15) is 0 Å². The molecule has 1 rings (SSSR count). The van der Waals surface area contributed by atoms with Crippen LogP contribution in [-0.4, -0.2) is 44.8 Å². The van der Waals surface area contributed by atoms with Crippen molar-refractivity contribution in [3.05, 3.63) is 0 Å². The van der Waals surface area contributed by atoms with Gasteiger partial charge in [-0.05, 0) is 18.8 Å². The molecule has 3 amide bonds. The number of nitrogens with one attached hydrogen (secondary N) is 3. The third kappa shape index (κ3) is 6.78. The summed E-state index contributed by atoms with van der Waals surface area (Å²) < 4.78 is 5.24. The molecule has 98 valence electrons. The van der Waals surface area contributed by atoms with Crippen molar-refractivity contribution in [3.8, 4) is 0 Å². The number of rotatable bonds is 5. The van der Waals surface area contributed by atoms with E-state index in [0.717, 1.165) is 26.1 Å². The zero-order chi connectivity index (χ0) is 12.5. The van der Waals surface area contributed by atoms with Crippen molar-refractivity contribution in [1.82, 2.24) is 16.0 Å². The highest BCUT2D eigenvalue weighted by Crippen LogP contribution is 2.12. The van der Waals surface area contributed by atoms with Gasteiger partial charge < -0.3 is 20.7 Å². The third-order valence-corrected chi connectivity index (χ3v) is 2.68. The number of carbonyl (C=O) groups is 2. The molecule has 1 heterocycles. The van der Waals surface area contributed by atoms with Gasteiger partial charge in [0.1, 0.15) is 0 Å². The summed E-state index contributed by atoms with van der Waals surface area (Å²) in [5, 5.41) is 8.11. The number of ether oxygens (including phenoxy) is 1. The van der Waals surface area contributed by atoms with Gasteiger partial charge in [-0.15, -0.1) is 0 Å². The number of urea groups is 1. The highest BCUT2D eigenvalue weighted by atomic mass is 16.5. The van der Waals surface area contributed by atoms with E-state index >= 15 is 0 Å². The van der Waals surface area contributed by atoms with Crippen LogP contribution in [0.5, 0.6) is 0 Å². The van der Waals surface area contributed by atoms with Crippen LogP contribution in [0.4, 0.5) is 4.79 Å². The average Bonchev–Trinajstić information content (AvgIpc) is 2.33. The molecule has 0 saturated carbocycles. The van der Waals surface area contributed by atoms with Gasteiger partial charge >= 0.3 is 6.03 Å². The summed E-state index contributed by atoms with van der Waals surface area (Å²) >= 11 is 0. The van der Waals surface area contributed by atoms with Crippen molar-refractivity contribution >= 4 is 11.9 Å². The van der Waals surface area contributed by atoms with E-state index in [1.54, 1.807) is 0 Å².